The highest BCUT2D eigenvalue weighted by atomic mass is 32.2. The van der Waals surface area contributed by atoms with Gasteiger partial charge in [0.2, 0.25) is 10.0 Å². The number of primary sulfonamides is 1. The Labute approximate surface area is 75.4 Å². The predicted molar refractivity (Wildman–Crippen MR) is 46.9 cm³/mol. The van der Waals surface area contributed by atoms with E-state index in [0.717, 1.165) is 12.1 Å². The smallest absolute Gasteiger partial charge is 0.241 e. The van der Waals surface area contributed by atoms with E-state index in [1.54, 1.807) is 6.92 Å². The van der Waals surface area contributed by atoms with Crippen molar-refractivity contribution in [3.05, 3.63) is 23.5 Å². The lowest BCUT2D eigenvalue weighted by Gasteiger charge is -2.04. The van der Waals surface area contributed by atoms with Crippen LogP contribution in [-0.2, 0) is 10.0 Å². The van der Waals surface area contributed by atoms with Crippen LogP contribution in [-0.4, -0.2) is 8.42 Å². The lowest BCUT2D eigenvalue weighted by Crippen LogP contribution is -2.14. The fourth-order valence-corrected chi connectivity index (χ4v) is 1.51. The Morgan fingerprint density at radius 1 is 1.38 bits per heavy atom. The van der Waals surface area contributed by atoms with Gasteiger partial charge in [-0.1, -0.05) is 0 Å². The number of rotatable bonds is 1. The van der Waals surface area contributed by atoms with Crippen molar-refractivity contribution in [2.24, 2.45) is 5.14 Å². The molecule has 0 unspecified atom stereocenters. The molecule has 0 spiro atoms. The first-order valence-corrected chi connectivity index (χ1v) is 4.95. The molecule has 4 nitrogen and oxygen atoms in total. The van der Waals surface area contributed by atoms with Gasteiger partial charge in [-0.2, -0.15) is 0 Å². The van der Waals surface area contributed by atoms with Crippen LogP contribution in [0.15, 0.2) is 17.0 Å². The predicted octanol–water partition coefficient (Wildman–Crippen LogP) is 0.364. The summed E-state index contributed by atoms with van der Waals surface area (Å²) in [6.07, 6.45) is 0. The molecule has 6 heteroatoms. The summed E-state index contributed by atoms with van der Waals surface area (Å²) in [6.45, 7) is 1.57. The molecule has 0 atom stereocenters. The molecule has 0 amide bonds. The molecular weight excluding hydrogens is 195 g/mol. The summed E-state index contributed by atoms with van der Waals surface area (Å²) < 4.78 is 34.6. The van der Waals surface area contributed by atoms with Gasteiger partial charge in [0.15, 0.2) is 0 Å². The van der Waals surface area contributed by atoms with Crippen LogP contribution in [0.3, 0.4) is 0 Å². The second-order valence-corrected chi connectivity index (χ2v) is 4.21. The van der Waals surface area contributed by atoms with Crippen LogP contribution in [0.25, 0.3) is 0 Å². The van der Waals surface area contributed by atoms with Crippen molar-refractivity contribution in [1.29, 1.82) is 0 Å². The van der Waals surface area contributed by atoms with E-state index in [0.29, 0.717) is 5.56 Å². The van der Waals surface area contributed by atoms with Crippen LogP contribution in [0.1, 0.15) is 5.56 Å². The van der Waals surface area contributed by atoms with Crippen LogP contribution in [0.5, 0.6) is 0 Å². The Hall–Kier alpha value is -1.14. The van der Waals surface area contributed by atoms with E-state index < -0.39 is 20.7 Å². The molecule has 1 aromatic rings. The minimum Gasteiger partial charge on any atom is -0.398 e. The van der Waals surface area contributed by atoms with Gasteiger partial charge in [-0.25, -0.2) is 17.9 Å². The number of hydrogen-bond donors (Lipinski definition) is 2. The third-order valence-electron chi connectivity index (χ3n) is 1.63. The minimum absolute atomic E-state index is 0.199. The van der Waals surface area contributed by atoms with Crippen LogP contribution in [0, 0.1) is 12.7 Å². The van der Waals surface area contributed by atoms with Crippen LogP contribution in [0.4, 0.5) is 10.1 Å². The number of nitrogens with two attached hydrogens (primary N) is 2. The maximum absolute atomic E-state index is 13.0. The van der Waals surface area contributed by atoms with Crippen molar-refractivity contribution in [3.8, 4) is 0 Å². The van der Waals surface area contributed by atoms with Crippen LogP contribution in [0.2, 0.25) is 0 Å². The second kappa shape index (κ2) is 2.97. The van der Waals surface area contributed by atoms with E-state index in [1.807, 2.05) is 0 Å². The van der Waals surface area contributed by atoms with Gasteiger partial charge in [-0.3, -0.25) is 0 Å². The van der Waals surface area contributed by atoms with Crippen molar-refractivity contribution in [3.63, 3.8) is 0 Å². The zero-order chi connectivity index (χ0) is 10.2. The molecule has 1 rings (SSSR count). The summed E-state index contributed by atoms with van der Waals surface area (Å²) >= 11 is 0. The van der Waals surface area contributed by atoms with E-state index in [-0.39, 0.29) is 5.69 Å². The summed E-state index contributed by atoms with van der Waals surface area (Å²) in [5, 5.41) is 4.75. The van der Waals surface area contributed by atoms with E-state index in [4.69, 9.17) is 10.9 Å². The van der Waals surface area contributed by atoms with E-state index in [2.05, 4.69) is 0 Å². The van der Waals surface area contributed by atoms with Crippen LogP contribution < -0.4 is 10.9 Å². The number of anilines is 1. The van der Waals surface area contributed by atoms with Gasteiger partial charge in [0.1, 0.15) is 10.7 Å². The summed E-state index contributed by atoms with van der Waals surface area (Å²) in [6, 6.07) is 2.05. The molecule has 0 radical (unpaired) electrons. The topological polar surface area (TPSA) is 86.2 Å². The first kappa shape index (κ1) is 9.94. The van der Waals surface area contributed by atoms with Crippen LogP contribution >= 0.6 is 0 Å². The lowest BCUT2D eigenvalue weighted by molar-refractivity contribution is 0.567. The molecule has 0 aliphatic rings. The van der Waals surface area contributed by atoms with Gasteiger partial charge in [-0.05, 0) is 24.6 Å². The Bertz CT molecular complexity index is 442. The van der Waals surface area contributed by atoms with Crippen molar-refractivity contribution in [2.45, 2.75) is 11.8 Å². The molecule has 0 saturated carbocycles. The second-order valence-electron chi connectivity index (χ2n) is 2.68. The Kier molecular flexibility index (Phi) is 2.27. The lowest BCUT2D eigenvalue weighted by atomic mass is 10.2. The van der Waals surface area contributed by atoms with Gasteiger partial charge in [0, 0.05) is 5.69 Å². The van der Waals surface area contributed by atoms with Crippen molar-refractivity contribution < 1.29 is 12.8 Å². The Balaban J connectivity index is 3.50. The molecule has 13 heavy (non-hydrogen) atoms. The molecule has 1 aromatic carbocycles. The quantitative estimate of drug-likeness (QED) is 0.648. The number of hydrogen-bond acceptors (Lipinski definition) is 3. The highest BCUT2D eigenvalue weighted by molar-refractivity contribution is 7.89. The van der Waals surface area contributed by atoms with E-state index in [1.165, 1.54) is 0 Å². The molecule has 0 fully saturated rings. The highest BCUT2D eigenvalue weighted by Crippen LogP contribution is 2.19. The third-order valence-corrected chi connectivity index (χ3v) is 2.55. The van der Waals surface area contributed by atoms with Gasteiger partial charge < -0.3 is 5.73 Å². The summed E-state index contributed by atoms with van der Waals surface area (Å²) in [5.41, 5.74) is 6.08. The minimum atomic E-state index is -4.03. The van der Waals surface area contributed by atoms with Crippen molar-refractivity contribution in [2.75, 3.05) is 5.73 Å². The fourth-order valence-electron chi connectivity index (χ4n) is 0.887. The largest absolute Gasteiger partial charge is 0.398 e. The maximum atomic E-state index is 13.0. The number of nitrogen functional groups attached to an aromatic ring is 1. The van der Waals surface area contributed by atoms with Crippen molar-refractivity contribution >= 4 is 15.7 Å². The molecule has 0 aliphatic heterocycles. The fraction of sp³-hybridized carbons (Fsp3) is 0.143. The van der Waals surface area contributed by atoms with Gasteiger partial charge >= 0.3 is 0 Å². The maximum Gasteiger partial charge on any atom is 0.241 e. The first-order chi connectivity index (χ1) is 5.82. The molecule has 0 aliphatic carbocycles. The Morgan fingerprint density at radius 2 is 1.92 bits per heavy atom. The summed E-state index contributed by atoms with van der Waals surface area (Å²) in [4.78, 5) is -0.574. The zero-order valence-electron chi connectivity index (χ0n) is 6.91. The van der Waals surface area contributed by atoms with Gasteiger partial charge in [0.05, 0.1) is 0 Å². The monoisotopic (exact) mass is 204 g/mol. The number of aryl methyl sites for hydroxylation is 1. The zero-order valence-corrected chi connectivity index (χ0v) is 7.73. The number of halogens is 1. The number of sulfonamides is 1. The summed E-state index contributed by atoms with van der Waals surface area (Å²) in [7, 11) is -4.03. The SMILES string of the molecule is Cc1cc(F)c(S(N)(=O)=O)cc1N. The average molecular weight is 204 g/mol. The molecule has 4 N–H and O–H groups in total. The molecule has 0 bridgehead atoms. The third kappa shape index (κ3) is 1.96. The Morgan fingerprint density at radius 3 is 2.38 bits per heavy atom. The first-order valence-electron chi connectivity index (χ1n) is 3.41. The molecular formula is C7H9FN2O2S. The average Bonchev–Trinajstić information content (AvgIpc) is 1.94. The highest BCUT2D eigenvalue weighted by Gasteiger charge is 2.15. The van der Waals surface area contributed by atoms with Gasteiger partial charge in [-0.15, -0.1) is 0 Å². The summed E-state index contributed by atoms with van der Waals surface area (Å²) in [5.74, 6) is -0.880. The number of benzene rings is 1. The normalized spacial score (nSPS) is 11.6. The van der Waals surface area contributed by atoms with E-state index >= 15 is 0 Å². The molecule has 0 heterocycles. The molecule has 0 aromatic heterocycles. The van der Waals surface area contributed by atoms with E-state index in [9.17, 15) is 12.8 Å². The molecule has 72 valence electrons. The van der Waals surface area contributed by atoms with Gasteiger partial charge in [0.25, 0.3) is 0 Å². The standard InChI is InChI=1S/C7H9FN2O2S/c1-4-2-5(8)7(3-6(4)9)13(10,11)12/h2-3H,9H2,1H3,(H2,10,11,12). The molecule has 0 saturated heterocycles. The van der Waals surface area contributed by atoms with Crippen molar-refractivity contribution in [1.82, 2.24) is 0 Å².